The van der Waals surface area contributed by atoms with Gasteiger partial charge in [-0.25, -0.2) is 4.39 Å². The molecule has 1 atom stereocenters. The molecule has 0 amide bonds. The Morgan fingerprint density at radius 2 is 2.06 bits per heavy atom. The molecular formula is C15H20ClF. The molecule has 17 heavy (non-hydrogen) atoms. The molecule has 1 fully saturated rings. The molecule has 1 aliphatic carbocycles. The van der Waals surface area contributed by atoms with Crippen LogP contribution in [0.25, 0.3) is 0 Å². The molecule has 2 heteroatoms. The minimum Gasteiger partial charge on any atom is -0.207 e. The third kappa shape index (κ3) is 4.31. The van der Waals surface area contributed by atoms with Crippen molar-refractivity contribution in [3.05, 3.63) is 35.6 Å². The molecule has 1 aromatic rings. The van der Waals surface area contributed by atoms with Crippen LogP contribution in [0.3, 0.4) is 0 Å². The normalized spacial score (nSPS) is 18.5. The maximum Gasteiger partial charge on any atom is 0.123 e. The molecule has 1 unspecified atom stereocenters. The average molecular weight is 255 g/mol. The predicted octanol–water partition coefficient (Wildman–Crippen LogP) is 4.95. The first-order chi connectivity index (χ1) is 8.24. The van der Waals surface area contributed by atoms with Gasteiger partial charge in [-0.15, -0.1) is 11.6 Å². The number of hydrogen-bond donors (Lipinski definition) is 0. The number of hydrogen-bond acceptors (Lipinski definition) is 0. The van der Waals surface area contributed by atoms with Gasteiger partial charge in [-0.2, -0.15) is 0 Å². The molecule has 1 aromatic carbocycles. The van der Waals surface area contributed by atoms with Gasteiger partial charge in [0.25, 0.3) is 0 Å². The van der Waals surface area contributed by atoms with Crippen LogP contribution in [-0.4, -0.2) is 5.38 Å². The summed E-state index contributed by atoms with van der Waals surface area (Å²) in [6.07, 6.45) is 8.62. The van der Waals surface area contributed by atoms with E-state index in [0.717, 1.165) is 24.3 Å². The first-order valence-corrected chi connectivity index (χ1v) is 7.06. The molecule has 0 bridgehead atoms. The van der Waals surface area contributed by atoms with Crippen molar-refractivity contribution in [3.8, 4) is 0 Å². The smallest absolute Gasteiger partial charge is 0.123 e. The molecule has 2 rings (SSSR count). The summed E-state index contributed by atoms with van der Waals surface area (Å²) in [7, 11) is 0. The van der Waals surface area contributed by atoms with Gasteiger partial charge < -0.3 is 0 Å². The van der Waals surface area contributed by atoms with Crippen molar-refractivity contribution >= 4 is 11.6 Å². The molecule has 0 spiro atoms. The highest BCUT2D eigenvalue weighted by Crippen LogP contribution is 2.30. The summed E-state index contributed by atoms with van der Waals surface area (Å²) in [5.41, 5.74) is 1.01. The Balaban J connectivity index is 1.74. The Labute approximate surface area is 108 Å². The summed E-state index contributed by atoms with van der Waals surface area (Å²) < 4.78 is 13.0. The van der Waals surface area contributed by atoms with Gasteiger partial charge in [0, 0.05) is 5.38 Å². The molecule has 0 nitrogen and oxygen atoms in total. The maximum atomic E-state index is 13.0. The van der Waals surface area contributed by atoms with Crippen LogP contribution >= 0.6 is 11.6 Å². The molecule has 94 valence electrons. The van der Waals surface area contributed by atoms with E-state index in [0.29, 0.717) is 0 Å². The highest BCUT2D eigenvalue weighted by molar-refractivity contribution is 6.20. The highest BCUT2D eigenvalue weighted by atomic mass is 35.5. The predicted molar refractivity (Wildman–Crippen MR) is 70.9 cm³/mol. The van der Waals surface area contributed by atoms with E-state index in [2.05, 4.69) is 0 Å². The van der Waals surface area contributed by atoms with E-state index < -0.39 is 0 Å². The summed E-state index contributed by atoms with van der Waals surface area (Å²) in [6.45, 7) is 0. The second kappa shape index (κ2) is 6.39. The van der Waals surface area contributed by atoms with Crippen molar-refractivity contribution in [3.63, 3.8) is 0 Å². The van der Waals surface area contributed by atoms with Crippen molar-refractivity contribution in [1.82, 2.24) is 0 Å². The fraction of sp³-hybridized carbons (Fsp3) is 0.600. The van der Waals surface area contributed by atoms with Gasteiger partial charge in [0.15, 0.2) is 0 Å². The topological polar surface area (TPSA) is 0 Å². The summed E-state index contributed by atoms with van der Waals surface area (Å²) in [4.78, 5) is 0. The van der Waals surface area contributed by atoms with Crippen molar-refractivity contribution in [2.75, 3.05) is 0 Å². The number of rotatable bonds is 5. The van der Waals surface area contributed by atoms with E-state index in [1.165, 1.54) is 38.2 Å². The van der Waals surface area contributed by atoms with Crippen LogP contribution in [0.1, 0.15) is 44.1 Å². The van der Waals surface area contributed by atoms with E-state index in [1.807, 2.05) is 6.07 Å². The second-order valence-electron chi connectivity index (χ2n) is 5.16. The zero-order valence-corrected chi connectivity index (χ0v) is 10.9. The fourth-order valence-electron chi connectivity index (χ4n) is 2.74. The van der Waals surface area contributed by atoms with Crippen molar-refractivity contribution in [2.24, 2.45) is 5.92 Å². The lowest BCUT2D eigenvalue weighted by atomic mass is 9.98. The molecular weight excluding hydrogens is 235 g/mol. The van der Waals surface area contributed by atoms with Gasteiger partial charge >= 0.3 is 0 Å². The fourth-order valence-corrected chi connectivity index (χ4v) is 3.04. The number of alkyl halides is 1. The molecule has 0 radical (unpaired) electrons. The van der Waals surface area contributed by atoms with E-state index in [1.54, 1.807) is 12.1 Å². The Kier molecular flexibility index (Phi) is 4.85. The lowest BCUT2D eigenvalue weighted by Gasteiger charge is -2.13. The van der Waals surface area contributed by atoms with Crippen LogP contribution in [0.4, 0.5) is 4.39 Å². The zero-order chi connectivity index (χ0) is 12.1. The quantitative estimate of drug-likeness (QED) is 0.653. The Morgan fingerprint density at radius 1 is 1.29 bits per heavy atom. The van der Waals surface area contributed by atoms with Crippen LogP contribution < -0.4 is 0 Å². The molecule has 0 heterocycles. The lowest BCUT2D eigenvalue weighted by Crippen LogP contribution is -2.06. The van der Waals surface area contributed by atoms with Crippen LogP contribution in [-0.2, 0) is 6.42 Å². The Bertz CT molecular complexity index is 345. The van der Waals surface area contributed by atoms with E-state index in [9.17, 15) is 4.39 Å². The summed E-state index contributed by atoms with van der Waals surface area (Å²) >= 11 is 6.32. The van der Waals surface area contributed by atoms with Crippen molar-refractivity contribution in [1.29, 1.82) is 0 Å². The molecule has 1 saturated carbocycles. The molecule has 0 aliphatic heterocycles. The van der Waals surface area contributed by atoms with Crippen LogP contribution in [0.15, 0.2) is 24.3 Å². The van der Waals surface area contributed by atoms with Gasteiger partial charge in [0.05, 0.1) is 0 Å². The SMILES string of the molecule is Fc1cccc(CC(Cl)CCC2CCCC2)c1. The summed E-state index contributed by atoms with van der Waals surface area (Å²) in [5, 5.41) is 0.150. The van der Waals surface area contributed by atoms with E-state index in [4.69, 9.17) is 11.6 Å². The van der Waals surface area contributed by atoms with Crippen LogP contribution in [0.2, 0.25) is 0 Å². The van der Waals surface area contributed by atoms with Crippen LogP contribution in [0, 0.1) is 11.7 Å². The third-order valence-corrected chi connectivity index (χ3v) is 4.08. The van der Waals surface area contributed by atoms with Gasteiger partial charge in [-0.1, -0.05) is 37.8 Å². The molecule has 0 N–H and O–H groups in total. The zero-order valence-electron chi connectivity index (χ0n) is 10.2. The minimum atomic E-state index is -0.165. The first kappa shape index (κ1) is 12.9. The van der Waals surface area contributed by atoms with Gasteiger partial charge in [0.1, 0.15) is 5.82 Å². The van der Waals surface area contributed by atoms with Crippen molar-refractivity contribution < 1.29 is 4.39 Å². The van der Waals surface area contributed by atoms with Crippen molar-refractivity contribution in [2.45, 2.75) is 50.3 Å². The average Bonchev–Trinajstić information content (AvgIpc) is 2.79. The molecule has 1 aliphatic rings. The summed E-state index contributed by atoms with van der Waals surface area (Å²) in [5.74, 6) is 0.728. The van der Waals surface area contributed by atoms with Gasteiger partial charge in [-0.05, 0) is 42.9 Å². The number of benzene rings is 1. The highest BCUT2D eigenvalue weighted by Gasteiger charge is 2.16. The van der Waals surface area contributed by atoms with E-state index >= 15 is 0 Å². The second-order valence-corrected chi connectivity index (χ2v) is 5.78. The van der Waals surface area contributed by atoms with Crippen LogP contribution in [0.5, 0.6) is 0 Å². The maximum absolute atomic E-state index is 13.0. The van der Waals surface area contributed by atoms with Gasteiger partial charge in [-0.3, -0.25) is 0 Å². The number of halogens is 2. The largest absolute Gasteiger partial charge is 0.207 e. The third-order valence-electron chi connectivity index (χ3n) is 3.71. The molecule has 0 aromatic heterocycles. The van der Waals surface area contributed by atoms with E-state index in [-0.39, 0.29) is 11.2 Å². The summed E-state index contributed by atoms with van der Waals surface area (Å²) in [6, 6.07) is 6.77. The Morgan fingerprint density at radius 3 is 2.76 bits per heavy atom. The molecule has 0 saturated heterocycles. The Hall–Kier alpha value is -0.560. The monoisotopic (exact) mass is 254 g/mol. The minimum absolute atomic E-state index is 0.150. The van der Waals surface area contributed by atoms with Gasteiger partial charge in [0.2, 0.25) is 0 Å². The lowest BCUT2D eigenvalue weighted by molar-refractivity contribution is 0.476. The first-order valence-electron chi connectivity index (χ1n) is 6.62. The standard InChI is InChI=1S/C15H20ClF/c16-14(9-8-12-4-1-2-5-12)10-13-6-3-7-15(17)11-13/h3,6-7,11-12,14H,1-2,4-5,8-10H2.